The topological polar surface area (TPSA) is 66.0 Å². The van der Waals surface area contributed by atoms with Crippen LogP contribution in [0, 0.1) is 0 Å². The molecule has 0 saturated carbocycles. The Kier molecular flexibility index (Phi) is 9.69. The van der Waals surface area contributed by atoms with E-state index in [2.05, 4.69) is 22.5 Å². The van der Waals surface area contributed by atoms with Crippen molar-refractivity contribution in [3.63, 3.8) is 0 Å². The zero-order valence-corrected chi connectivity index (χ0v) is 16.7. The molecule has 27 heavy (non-hydrogen) atoms. The lowest BCUT2D eigenvalue weighted by Crippen LogP contribution is -2.47. The number of aliphatic imine (C=N–C) groups is 1. The van der Waals surface area contributed by atoms with Crippen molar-refractivity contribution >= 4 is 11.9 Å². The minimum atomic E-state index is -0.233. The molecule has 1 aliphatic rings. The first-order chi connectivity index (χ1) is 13.3. The molecular weight excluding hydrogens is 340 g/mol. The van der Waals surface area contributed by atoms with Gasteiger partial charge >= 0.3 is 0 Å². The van der Waals surface area contributed by atoms with Crippen LogP contribution in [-0.4, -0.2) is 63.2 Å². The van der Waals surface area contributed by atoms with Gasteiger partial charge in [0.05, 0.1) is 19.1 Å². The number of nitrogens with one attached hydrogen (secondary N) is 2. The van der Waals surface area contributed by atoms with Crippen molar-refractivity contribution < 1.29 is 9.53 Å². The molecule has 0 aromatic heterocycles. The Morgan fingerprint density at radius 2 is 1.89 bits per heavy atom. The number of carbonyl (C=O) groups excluding carboxylic acids is 1. The van der Waals surface area contributed by atoms with E-state index in [1.54, 1.807) is 7.05 Å². The molecule has 1 heterocycles. The van der Waals surface area contributed by atoms with E-state index < -0.39 is 0 Å². The van der Waals surface area contributed by atoms with Crippen molar-refractivity contribution in [2.75, 3.05) is 46.4 Å². The van der Waals surface area contributed by atoms with Gasteiger partial charge in [-0.2, -0.15) is 0 Å². The van der Waals surface area contributed by atoms with Crippen LogP contribution < -0.4 is 10.6 Å². The lowest BCUT2D eigenvalue weighted by atomic mass is 9.97. The predicted octanol–water partition coefficient (Wildman–Crippen LogP) is 2.37. The quantitative estimate of drug-likeness (QED) is 0.396. The van der Waals surface area contributed by atoms with Crippen molar-refractivity contribution in [1.29, 1.82) is 0 Å². The summed E-state index contributed by atoms with van der Waals surface area (Å²) in [6.45, 7) is 6.17. The Hall–Kier alpha value is -2.08. The predicted molar refractivity (Wildman–Crippen MR) is 110 cm³/mol. The zero-order valence-electron chi connectivity index (χ0n) is 16.7. The highest BCUT2D eigenvalue weighted by molar-refractivity contribution is 5.86. The van der Waals surface area contributed by atoms with Crippen LogP contribution in [0.5, 0.6) is 0 Å². The van der Waals surface area contributed by atoms with Crippen molar-refractivity contribution in [3.8, 4) is 0 Å². The van der Waals surface area contributed by atoms with Gasteiger partial charge in [-0.1, -0.05) is 56.5 Å². The van der Waals surface area contributed by atoms with Crippen LogP contribution in [0.4, 0.5) is 0 Å². The summed E-state index contributed by atoms with van der Waals surface area (Å²) in [4.78, 5) is 19.3. The van der Waals surface area contributed by atoms with Crippen molar-refractivity contribution in [1.82, 2.24) is 15.5 Å². The second-order valence-corrected chi connectivity index (χ2v) is 6.84. The summed E-state index contributed by atoms with van der Waals surface area (Å²) < 4.78 is 5.38. The van der Waals surface area contributed by atoms with Gasteiger partial charge in [0.25, 0.3) is 0 Å². The fraction of sp³-hybridized carbons (Fsp3) is 0.619. The van der Waals surface area contributed by atoms with E-state index in [1.165, 1.54) is 19.3 Å². The SMILES string of the molecule is CCCCCCNC(=NC)NCC(C(=O)N1CCOCC1)c1ccccc1. The van der Waals surface area contributed by atoms with Crippen molar-refractivity contribution in [3.05, 3.63) is 35.9 Å². The Labute approximate surface area is 163 Å². The number of benzene rings is 1. The maximum atomic E-state index is 13.1. The molecule has 1 aromatic rings. The minimum absolute atomic E-state index is 0.149. The summed E-state index contributed by atoms with van der Waals surface area (Å²) >= 11 is 0. The van der Waals surface area contributed by atoms with Gasteiger partial charge in [-0.05, 0) is 12.0 Å². The van der Waals surface area contributed by atoms with Crippen LogP contribution in [0.3, 0.4) is 0 Å². The number of morpholine rings is 1. The van der Waals surface area contributed by atoms with E-state index in [0.29, 0.717) is 32.8 Å². The zero-order chi connectivity index (χ0) is 19.3. The Balaban J connectivity index is 1.94. The van der Waals surface area contributed by atoms with E-state index in [-0.39, 0.29) is 11.8 Å². The monoisotopic (exact) mass is 374 g/mol. The van der Waals surface area contributed by atoms with E-state index >= 15 is 0 Å². The maximum absolute atomic E-state index is 13.1. The molecule has 6 nitrogen and oxygen atoms in total. The number of guanidine groups is 1. The van der Waals surface area contributed by atoms with E-state index in [0.717, 1.165) is 24.5 Å². The standard InChI is InChI=1S/C21H34N4O2/c1-3-4-5-9-12-23-21(22-2)24-17-19(18-10-7-6-8-11-18)20(26)25-13-15-27-16-14-25/h6-8,10-11,19H,3-5,9,12-17H2,1-2H3,(H2,22,23,24). The van der Waals surface area contributed by atoms with Gasteiger partial charge in [0.15, 0.2) is 5.96 Å². The first kappa shape index (κ1) is 21.2. The third-order valence-electron chi connectivity index (χ3n) is 4.84. The number of rotatable bonds is 9. The van der Waals surface area contributed by atoms with Gasteiger partial charge < -0.3 is 20.3 Å². The summed E-state index contributed by atoms with van der Waals surface area (Å²) in [5.41, 5.74) is 1.03. The van der Waals surface area contributed by atoms with Crippen LogP contribution in [-0.2, 0) is 9.53 Å². The fourth-order valence-electron chi connectivity index (χ4n) is 3.22. The van der Waals surface area contributed by atoms with Gasteiger partial charge in [-0.25, -0.2) is 0 Å². The molecule has 2 rings (SSSR count). The summed E-state index contributed by atoms with van der Waals surface area (Å²) in [6, 6.07) is 9.98. The largest absolute Gasteiger partial charge is 0.378 e. The van der Waals surface area contributed by atoms with Crippen LogP contribution in [0.1, 0.15) is 44.1 Å². The summed E-state index contributed by atoms with van der Waals surface area (Å²) in [6.07, 6.45) is 4.85. The summed E-state index contributed by atoms with van der Waals surface area (Å²) in [7, 11) is 1.77. The molecule has 1 unspecified atom stereocenters. The molecule has 0 radical (unpaired) electrons. The summed E-state index contributed by atoms with van der Waals surface area (Å²) in [5.74, 6) is 0.667. The van der Waals surface area contributed by atoms with Gasteiger partial charge in [-0.15, -0.1) is 0 Å². The highest BCUT2D eigenvalue weighted by Crippen LogP contribution is 2.18. The summed E-state index contributed by atoms with van der Waals surface area (Å²) in [5, 5.41) is 6.69. The average molecular weight is 375 g/mol. The number of carbonyl (C=O) groups is 1. The van der Waals surface area contributed by atoms with Gasteiger partial charge in [-0.3, -0.25) is 9.79 Å². The molecule has 2 N–H and O–H groups in total. The second kappa shape index (κ2) is 12.3. The molecule has 1 saturated heterocycles. The molecule has 1 aromatic carbocycles. The lowest BCUT2D eigenvalue weighted by molar-refractivity contribution is -0.136. The van der Waals surface area contributed by atoms with Crippen LogP contribution in [0.25, 0.3) is 0 Å². The molecule has 1 aliphatic heterocycles. The smallest absolute Gasteiger partial charge is 0.232 e. The van der Waals surface area contributed by atoms with Gasteiger partial charge in [0.1, 0.15) is 0 Å². The highest BCUT2D eigenvalue weighted by atomic mass is 16.5. The maximum Gasteiger partial charge on any atom is 0.232 e. The third kappa shape index (κ3) is 7.21. The van der Waals surface area contributed by atoms with E-state index in [9.17, 15) is 4.79 Å². The normalized spacial score (nSPS) is 16.1. The number of ether oxygens (including phenoxy) is 1. The molecule has 150 valence electrons. The average Bonchev–Trinajstić information content (AvgIpc) is 2.73. The number of unbranched alkanes of at least 4 members (excludes halogenated alkanes) is 3. The molecule has 0 spiro atoms. The Bertz CT molecular complexity index is 571. The minimum Gasteiger partial charge on any atom is -0.378 e. The number of hydrogen-bond acceptors (Lipinski definition) is 3. The van der Waals surface area contributed by atoms with Crippen LogP contribution in [0.2, 0.25) is 0 Å². The van der Waals surface area contributed by atoms with Gasteiger partial charge in [0, 0.05) is 33.2 Å². The Morgan fingerprint density at radius 3 is 2.56 bits per heavy atom. The Morgan fingerprint density at radius 1 is 1.15 bits per heavy atom. The van der Waals surface area contributed by atoms with Crippen LogP contribution in [0.15, 0.2) is 35.3 Å². The van der Waals surface area contributed by atoms with E-state index in [4.69, 9.17) is 4.74 Å². The lowest BCUT2D eigenvalue weighted by Gasteiger charge is -2.31. The molecule has 0 bridgehead atoms. The molecule has 6 heteroatoms. The van der Waals surface area contributed by atoms with Crippen LogP contribution >= 0.6 is 0 Å². The number of nitrogens with zero attached hydrogens (tertiary/aromatic N) is 2. The highest BCUT2D eigenvalue weighted by Gasteiger charge is 2.27. The fourth-order valence-corrected chi connectivity index (χ4v) is 3.22. The van der Waals surface area contributed by atoms with E-state index in [1.807, 2.05) is 35.2 Å². The molecule has 1 amide bonds. The molecule has 1 fully saturated rings. The number of amides is 1. The first-order valence-corrected chi connectivity index (χ1v) is 10.1. The third-order valence-corrected chi connectivity index (χ3v) is 4.84. The van der Waals surface area contributed by atoms with Gasteiger partial charge in [0.2, 0.25) is 5.91 Å². The molecule has 0 aliphatic carbocycles. The molecular formula is C21H34N4O2. The number of hydrogen-bond donors (Lipinski definition) is 2. The second-order valence-electron chi connectivity index (χ2n) is 6.84. The van der Waals surface area contributed by atoms with Crippen molar-refractivity contribution in [2.24, 2.45) is 4.99 Å². The molecule has 1 atom stereocenters. The first-order valence-electron chi connectivity index (χ1n) is 10.1. The van der Waals surface area contributed by atoms with Crippen molar-refractivity contribution in [2.45, 2.75) is 38.5 Å².